The van der Waals surface area contributed by atoms with Crippen molar-refractivity contribution in [3.8, 4) is 0 Å². The molecule has 88 valence electrons. The van der Waals surface area contributed by atoms with Gasteiger partial charge >= 0.3 is 108 Å². The van der Waals surface area contributed by atoms with Crippen LogP contribution in [0.3, 0.4) is 0 Å². The summed E-state index contributed by atoms with van der Waals surface area (Å²) in [5.41, 5.74) is 0. The maximum absolute atomic E-state index is 4.40. The number of aryl methyl sites for hydroxylation is 1. The molecule has 0 saturated heterocycles. The molecule has 0 spiro atoms. The fourth-order valence-corrected chi connectivity index (χ4v) is 3.02. The van der Waals surface area contributed by atoms with Gasteiger partial charge < -0.3 is 0 Å². The van der Waals surface area contributed by atoms with Crippen LogP contribution in [-0.4, -0.2) is 37.3 Å². The molecule has 0 aliphatic rings. The van der Waals surface area contributed by atoms with Gasteiger partial charge in [0.05, 0.1) is 0 Å². The second kappa shape index (κ2) is 6.38. The zero-order valence-electron chi connectivity index (χ0n) is 9.78. The molecule has 0 N–H and O–H groups in total. The van der Waals surface area contributed by atoms with Crippen LogP contribution < -0.4 is 4.46 Å². The minimum atomic E-state index is 0.528. The summed E-state index contributed by atoms with van der Waals surface area (Å²) in [5.74, 6) is 0.914. The molecule has 2 rings (SSSR count). The Kier molecular flexibility index (Phi) is 4.53. The van der Waals surface area contributed by atoms with Crippen molar-refractivity contribution < 1.29 is 0 Å². The number of benzene rings is 1. The van der Waals surface area contributed by atoms with Crippen molar-refractivity contribution in [1.82, 2.24) is 9.55 Å². The van der Waals surface area contributed by atoms with Crippen LogP contribution in [0, 0.1) is 0 Å². The Morgan fingerprint density at radius 2 is 2.18 bits per heavy atom. The molecular formula is C13H15N3Se. The van der Waals surface area contributed by atoms with Crippen molar-refractivity contribution in [1.29, 1.82) is 0 Å². The summed E-state index contributed by atoms with van der Waals surface area (Å²) >= 11 is 0.528. The van der Waals surface area contributed by atoms with E-state index in [1.54, 1.807) is 6.20 Å². The Bertz CT molecular complexity index is 476. The first kappa shape index (κ1) is 12.1. The third kappa shape index (κ3) is 3.84. The van der Waals surface area contributed by atoms with Crippen molar-refractivity contribution in [2.24, 2.45) is 12.0 Å². The van der Waals surface area contributed by atoms with Gasteiger partial charge in [-0.15, -0.1) is 0 Å². The molecule has 1 aromatic heterocycles. The SMILES string of the molecule is Cn1ccnc1C=NCC[Se]c1ccccc1. The monoisotopic (exact) mass is 293 g/mol. The Morgan fingerprint density at radius 1 is 1.35 bits per heavy atom. The van der Waals surface area contributed by atoms with Gasteiger partial charge in [0.1, 0.15) is 0 Å². The standard InChI is InChI=1S/C13H15N3Se/c1-16-9-7-15-13(16)11-14-8-10-17-12-5-3-2-4-6-12/h2-7,9,11H,8,10H2,1H3. The molecule has 0 unspecified atom stereocenters. The molecule has 0 amide bonds. The summed E-state index contributed by atoms with van der Waals surface area (Å²) in [7, 11) is 1.97. The average molecular weight is 292 g/mol. The van der Waals surface area contributed by atoms with E-state index in [0.29, 0.717) is 15.0 Å². The Hall–Kier alpha value is -1.38. The Balaban J connectivity index is 1.74. The third-order valence-corrected chi connectivity index (χ3v) is 4.38. The van der Waals surface area contributed by atoms with Crippen molar-refractivity contribution in [2.75, 3.05) is 6.54 Å². The molecule has 17 heavy (non-hydrogen) atoms. The second-order valence-electron chi connectivity index (χ2n) is 3.59. The van der Waals surface area contributed by atoms with Crippen molar-refractivity contribution in [2.45, 2.75) is 5.32 Å². The van der Waals surface area contributed by atoms with Gasteiger partial charge in [0.15, 0.2) is 0 Å². The number of aliphatic imine (C=N–C) groups is 1. The van der Waals surface area contributed by atoms with Crippen LogP contribution in [0.4, 0.5) is 0 Å². The zero-order valence-corrected chi connectivity index (χ0v) is 11.5. The molecule has 4 heteroatoms. The predicted octanol–water partition coefficient (Wildman–Crippen LogP) is 1.29. The first-order chi connectivity index (χ1) is 8.36. The van der Waals surface area contributed by atoms with Crippen LogP contribution in [-0.2, 0) is 7.05 Å². The molecule has 0 radical (unpaired) electrons. The van der Waals surface area contributed by atoms with Gasteiger partial charge in [-0.05, 0) is 0 Å². The van der Waals surface area contributed by atoms with Gasteiger partial charge in [0.25, 0.3) is 0 Å². The van der Waals surface area contributed by atoms with Crippen molar-refractivity contribution in [3.63, 3.8) is 0 Å². The zero-order chi connectivity index (χ0) is 11.9. The second-order valence-corrected chi connectivity index (χ2v) is 6.04. The number of nitrogens with zero attached hydrogens (tertiary/aromatic N) is 3. The predicted molar refractivity (Wildman–Crippen MR) is 72.3 cm³/mol. The molecule has 0 saturated carbocycles. The van der Waals surface area contributed by atoms with Crippen LogP contribution >= 0.6 is 0 Å². The van der Waals surface area contributed by atoms with Crippen LogP contribution in [0.5, 0.6) is 0 Å². The number of imidazole rings is 1. The van der Waals surface area contributed by atoms with Crippen LogP contribution in [0.15, 0.2) is 47.7 Å². The molecule has 0 bridgehead atoms. The normalized spacial score (nSPS) is 11.1. The number of hydrogen-bond donors (Lipinski definition) is 0. The first-order valence-electron chi connectivity index (χ1n) is 5.51. The Morgan fingerprint density at radius 3 is 2.88 bits per heavy atom. The summed E-state index contributed by atoms with van der Waals surface area (Å²) in [6.45, 7) is 0.877. The molecular weight excluding hydrogens is 277 g/mol. The molecule has 0 fully saturated rings. The van der Waals surface area contributed by atoms with Crippen molar-refractivity contribution >= 4 is 25.6 Å². The third-order valence-electron chi connectivity index (χ3n) is 2.30. The van der Waals surface area contributed by atoms with Gasteiger partial charge in [-0.2, -0.15) is 0 Å². The molecule has 0 aliphatic heterocycles. The number of aromatic nitrogens is 2. The van der Waals surface area contributed by atoms with E-state index in [1.165, 1.54) is 4.46 Å². The van der Waals surface area contributed by atoms with E-state index in [-0.39, 0.29) is 0 Å². The number of rotatable bonds is 5. The molecule has 1 aromatic carbocycles. The molecule has 1 heterocycles. The van der Waals surface area contributed by atoms with Gasteiger partial charge in [-0.3, -0.25) is 0 Å². The van der Waals surface area contributed by atoms with E-state index in [1.807, 2.05) is 24.0 Å². The van der Waals surface area contributed by atoms with E-state index in [2.05, 4.69) is 40.3 Å². The summed E-state index contributed by atoms with van der Waals surface area (Å²) in [5, 5.41) is 1.14. The van der Waals surface area contributed by atoms with E-state index >= 15 is 0 Å². The fraction of sp³-hybridized carbons (Fsp3) is 0.231. The van der Waals surface area contributed by atoms with Gasteiger partial charge in [0, 0.05) is 0 Å². The summed E-state index contributed by atoms with van der Waals surface area (Å²) < 4.78 is 3.40. The Labute approximate surface area is 108 Å². The number of hydrogen-bond acceptors (Lipinski definition) is 2. The maximum atomic E-state index is 4.40. The minimum absolute atomic E-state index is 0.528. The van der Waals surface area contributed by atoms with Crippen molar-refractivity contribution in [3.05, 3.63) is 48.5 Å². The summed E-state index contributed by atoms with van der Waals surface area (Å²) in [6.07, 6.45) is 5.56. The van der Waals surface area contributed by atoms with E-state index in [9.17, 15) is 0 Å². The van der Waals surface area contributed by atoms with E-state index in [0.717, 1.165) is 17.7 Å². The molecule has 2 aromatic rings. The van der Waals surface area contributed by atoms with Crippen LogP contribution in [0.2, 0.25) is 5.32 Å². The van der Waals surface area contributed by atoms with Gasteiger partial charge in [-0.25, -0.2) is 0 Å². The average Bonchev–Trinajstić information content (AvgIpc) is 2.76. The summed E-state index contributed by atoms with van der Waals surface area (Å²) in [4.78, 5) is 8.59. The van der Waals surface area contributed by atoms with Crippen LogP contribution in [0.1, 0.15) is 5.82 Å². The molecule has 0 aliphatic carbocycles. The fourth-order valence-electron chi connectivity index (χ4n) is 1.38. The quantitative estimate of drug-likeness (QED) is 0.464. The summed E-state index contributed by atoms with van der Waals surface area (Å²) in [6, 6.07) is 10.6. The van der Waals surface area contributed by atoms with Gasteiger partial charge in [0.2, 0.25) is 0 Å². The van der Waals surface area contributed by atoms with Gasteiger partial charge in [-0.1, -0.05) is 0 Å². The van der Waals surface area contributed by atoms with E-state index < -0.39 is 0 Å². The topological polar surface area (TPSA) is 30.2 Å². The van der Waals surface area contributed by atoms with E-state index in [4.69, 9.17) is 0 Å². The van der Waals surface area contributed by atoms with Crippen LogP contribution in [0.25, 0.3) is 0 Å². The molecule has 0 atom stereocenters. The molecule has 3 nitrogen and oxygen atoms in total. The first-order valence-corrected chi connectivity index (χ1v) is 7.58.